The fourth-order valence-electron chi connectivity index (χ4n) is 9.30. The summed E-state index contributed by atoms with van der Waals surface area (Å²) in [4.78, 5) is 5.37. The molecule has 4 heteroatoms. The first-order chi connectivity index (χ1) is 30.2. The second-order valence-electron chi connectivity index (χ2n) is 16.0. The number of rotatable bonds is 6. The molecule has 2 N–H and O–H groups in total. The number of nitrogens with zero attached hydrogens (tertiary/aromatic N) is 1. The highest BCUT2D eigenvalue weighted by atomic mass is 16.3. The van der Waals surface area contributed by atoms with Crippen molar-refractivity contribution in [2.24, 2.45) is 4.99 Å². The lowest BCUT2D eigenvalue weighted by Crippen LogP contribution is -2.45. The van der Waals surface area contributed by atoms with Crippen molar-refractivity contribution in [3.05, 3.63) is 229 Å². The van der Waals surface area contributed by atoms with Crippen LogP contribution >= 0.6 is 0 Å². The number of hydrogen-bond acceptors (Lipinski definition) is 4. The van der Waals surface area contributed by atoms with E-state index >= 15 is 0 Å². The first kappa shape index (κ1) is 35.2. The summed E-state index contributed by atoms with van der Waals surface area (Å²) in [6, 6.07) is 76.0. The topological polar surface area (TPSA) is 49.6 Å². The lowest BCUT2D eigenvalue weighted by molar-refractivity contribution is 0.411. The molecule has 0 spiro atoms. The largest absolute Gasteiger partial charge is 0.456 e. The first-order valence-electron chi connectivity index (χ1n) is 20.9. The van der Waals surface area contributed by atoms with Crippen molar-refractivity contribution in [2.75, 3.05) is 0 Å². The van der Waals surface area contributed by atoms with Gasteiger partial charge in [-0.3, -0.25) is 5.32 Å². The third kappa shape index (κ3) is 6.24. The van der Waals surface area contributed by atoms with E-state index in [1.54, 1.807) is 0 Å². The molecular weight excluding hydrogens is 743 g/mol. The zero-order valence-corrected chi connectivity index (χ0v) is 33.2. The van der Waals surface area contributed by atoms with Gasteiger partial charge in [-0.05, 0) is 113 Å². The molecule has 0 fully saturated rings. The maximum Gasteiger partial charge on any atom is 0.136 e. The molecule has 1 aliphatic rings. The van der Waals surface area contributed by atoms with Gasteiger partial charge in [-0.1, -0.05) is 176 Å². The van der Waals surface area contributed by atoms with Gasteiger partial charge in [0.2, 0.25) is 0 Å². The summed E-state index contributed by atoms with van der Waals surface area (Å²) in [5.74, 6) is 0.856. The van der Waals surface area contributed by atoms with Crippen molar-refractivity contribution < 1.29 is 4.42 Å². The summed E-state index contributed by atoms with van der Waals surface area (Å²) in [5, 5.41) is 17.2. The van der Waals surface area contributed by atoms with Crippen molar-refractivity contribution in [3.8, 4) is 33.4 Å². The van der Waals surface area contributed by atoms with E-state index in [0.717, 1.165) is 66.7 Å². The summed E-state index contributed by atoms with van der Waals surface area (Å²) in [6.45, 7) is 0. The highest BCUT2D eigenvalue weighted by Gasteiger charge is 2.28. The van der Waals surface area contributed by atoms with Crippen molar-refractivity contribution in [3.63, 3.8) is 0 Å². The van der Waals surface area contributed by atoms with E-state index < -0.39 is 0 Å². The average Bonchev–Trinajstić information content (AvgIpc) is 3.72. The predicted octanol–water partition coefficient (Wildman–Crippen LogP) is 14.4. The van der Waals surface area contributed by atoms with Crippen molar-refractivity contribution in [2.45, 2.75) is 12.3 Å². The van der Waals surface area contributed by atoms with Gasteiger partial charge in [-0.15, -0.1) is 0 Å². The van der Waals surface area contributed by atoms with Crippen LogP contribution in [0.4, 0.5) is 0 Å². The van der Waals surface area contributed by atoms with Crippen LogP contribution in [0.2, 0.25) is 0 Å². The van der Waals surface area contributed by atoms with Gasteiger partial charge < -0.3 is 9.73 Å². The van der Waals surface area contributed by atoms with Crippen LogP contribution < -0.4 is 10.6 Å². The Hall–Kier alpha value is -7.79. The first-order valence-corrected chi connectivity index (χ1v) is 20.9. The van der Waals surface area contributed by atoms with Gasteiger partial charge in [0.1, 0.15) is 29.3 Å². The van der Waals surface area contributed by atoms with Gasteiger partial charge in [0, 0.05) is 16.3 Å². The number of fused-ring (bicyclic) bond motifs is 6. The molecule has 10 aromatic carbocycles. The van der Waals surface area contributed by atoms with Gasteiger partial charge in [-0.25, -0.2) is 4.99 Å². The summed E-state index contributed by atoms with van der Waals surface area (Å²) >= 11 is 0. The van der Waals surface area contributed by atoms with Crippen LogP contribution in [0.5, 0.6) is 0 Å². The molecule has 0 radical (unpaired) electrons. The zero-order valence-electron chi connectivity index (χ0n) is 33.2. The van der Waals surface area contributed by atoms with Crippen molar-refractivity contribution in [1.82, 2.24) is 10.6 Å². The third-order valence-electron chi connectivity index (χ3n) is 12.3. The number of amidine groups is 1. The maximum atomic E-state index is 6.54. The van der Waals surface area contributed by atoms with Crippen LogP contribution in [0.15, 0.2) is 222 Å². The van der Waals surface area contributed by atoms with Crippen LogP contribution in [0.1, 0.15) is 29.0 Å². The third-order valence-corrected chi connectivity index (χ3v) is 12.3. The summed E-state index contributed by atoms with van der Waals surface area (Å²) in [6.07, 6.45) is -0.531. The fourth-order valence-corrected chi connectivity index (χ4v) is 9.30. The standard InChI is InChI=1S/C57H39N3O/c1-2-12-36(13-3-1)41-18-10-19-44(33-41)55-58-56(45-27-25-38-15-5-7-17-40(38)34-45)60-57(59-55)50-30-29-48(46-20-8-9-21-47(46)50)49-22-11-23-53-54(49)51-35-43(28-31-52(51)61-53)42-26-24-37-14-4-6-16-39(37)32-42/h1-35,55,57,59H,(H,58,60). The Balaban J connectivity index is 0.979. The molecule has 61 heavy (non-hydrogen) atoms. The number of nitrogens with one attached hydrogen (secondary N) is 2. The molecule has 0 bridgehead atoms. The van der Waals surface area contributed by atoms with Gasteiger partial charge in [-0.2, -0.15) is 0 Å². The highest BCUT2D eigenvalue weighted by molar-refractivity contribution is 6.16. The van der Waals surface area contributed by atoms with Crippen molar-refractivity contribution >= 4 is 60.1 Å². The summed E-state index contributed by atoms with van der Waals surface area (Å²) in [5.41, 5.74) is 12.1. The number of benzene rings is 10. The molecule has 0 saturated carbocycles. The van der Waals surface area contributed by atoms with Crippen LogP contribution in [-0.4, -0.2) is 5.84 Å². The molecule has 1 aromatic heterocycles. The van der Waals surface area contributed by atoms with Gasteiger partial charge in [0.25, 0.3) is 0 Å². The molecule has 2 heterocycles. The Morgan fingerprint density at radius 2 is 1.03 bits per heavy atom. The second kappa shape index (κ2) is 14.5. The minimum atomic E-state index is -0.294. The Morgan fingerprint density at radius 3 is 1.85 bits per heavy atom. The van der Waals surface area contributed by atoms with Crippen LogP contribution in [0.25, 0.3) is 87.6 Å². The highest BCUT2D eigenvalue weighted by Crippen LogP contribution is 2.42. The molecule has 2 unspecified atom stereocenters. The number of aliphatic imine (C=N–C) groups is 1. The molecule has 11 aromatic rings. The van der Waals surface area contributed by atoms with E-state index in [-0.39, 0.29) is 12.3 Å². The fraction of sp³-hybridized carbons (Fsp3) is 0.0351. The molecule has 12 rings (SSSR count). The summed E-state index contributed by atoms with van der Waals surface area (Å²) in [7, 11) is 0. The maximum absolute atomic E-state index is 6.54. The Labute approximate surface area is 353 Å². The van der Waals surface area contributed by atoms with E-state index in [2.05, 4.69) is 223 Å². The van der Waals surface area contributed by atoms with E-state index in [0.29, 0.717) is 0 Å². The van der Waals surface area contributed by atoms with Crippen LogP contribution in [-0.2, 0) is 0 Å². The Bertz CT molecular complexity index is 3510. The number of furan rings is 1. The van der Waals surface area contributed by atoms with Crippen molar-refractivity contribution in [1.29, 1.82) is 0 Å². The predicted molar refractivity (Wildman–Crippen MR) is 254 cm³/mol. The van der Waals surface area contributed by atoms with E-state index in [4.69, 9.17) is 9.41 Å². The summed E-state index contributed by atoms with van der Waals surface area (Å²) < 4.78 is 6.54. The SMILES string of the molecule is c1ccc(-c2cccc(C3N=C(c4ccc5ccccc5c4)NC(c4ccc(-c5cccc6oc7ccc(-c8ccc9ccccc9c8)cc7c56)c5ccccc45)N3)c2)cc1. The minimum absolute atomic E-state index is 0.238. The monoisotopic (exact) mass is 781 g/mol. The van der Waals surface area contributed by atoms with Gasteiger partial charge in [0.15, 0.2) is 0 Å². The molecule has 4 nitrogen and oxygen atoms in total. The minimum Gasteiger partial charge on any atom is -0.456 e. The zero-order chi connectivity index (χ0) is 40.3. The number of hydrogen-bond donors (Lipinski definition) is 2. The smallest absolute Gasteiger partial charge is 0.136 e. The lowest BCUT2D eigenvalue weighted by atomic mass is 9.91. The van der Waals surface area contributed by atoms with Gasteiger partial charge in [0.05, 0.1) is 0 Å². The molecule has 1 aliphatic heterocycles. The normalized spacial score (nSPS) is 15.4. The van der Waals surface area contributed by atoms with E-state index in [1.165, 1.54) is 43.4 Å². The van der Waals surface area contributed by atoms with Crippen LogP contribution in [0.3, 0.4) is 0 Å². The van der Waals surface area contributed by atoms with Crippen LogP contribution in [0, 0.1) is 0 Å². The molecule has 0 aliphatic carbocycles. The molecular formula is C57H39N3O. The average molecular weight is 782 g/mol. The Morgan fingerprint density at radius 1 is 0.393 bits per heavy atom. The van der Waals surface area contributed by atoms with E-state index in [9.17, 15) is 0 Å². The van der Waals surface area contributed by atoms with Gasteiger partial charge >= 0.3 is 0 Å². The quantitative estimate of drug-likeness (QED) is 0.177. The Kier molecular flexibility index (Phi) is 8.36. The molecule has 2 atom stereocenters. The molecule has 0 saturated heterocycles. The molecule has 0 amide bonds. The lowest BCUT2D eigenvalue weighted by Gasteiger charge is -2.33. The second-order valence-corrected chi connectivity index (χ2v) is 16.0. The molecule has 288 valence electrons. The van der Waals surface area contributed by atoms with E-state index in [1.807, 2.05) is 0 Å².